The molecule has 0 radical (unpaired) electrons. The van der Waals surface area contributed by atoms with Crippen LogP contribution in [0.4, 0.5) is 0 Å². The first-order valence-electron chi connectivity index (χ1n) is 10.1. The van der Waals surface area contributed by atoms with Crippen molar-refractivity contribution in [1.82, 2.24) is 4.57 Å². The minimum absolute atomic E-state index is 0.217. The van der Waals surface area contributed by atoms with E-state index in [1.54, 1.807) is 0 Å². The van der Waals surface area contributed by atoms with E-state index in [1.165, 1.54) is 77.0 Å². The average molecular weight is 336 g/mol. The highest BCUT2D eigenvalue weighted by molar-refractivity contribution is 5.89. The van der Waals surface area contributed by atoms with E-state index >= 15 is 0 Å². The van der Waals surface area contributed by atoms with Crippen molar-refractivity contribution in [1.29, 1.82) is 0 Å². The number of aryl methyl sites for hydroxylation is 1. The maximum Gasteiger partial charge on any atom is 0.339 e. The Hall–Kier alpha value is -1.25. The van der Waals surface area contributed by atoms with E-state index in [9.17, 15) is 4.79 Å². The molecule has 3 heteroatoms. The lowest BCUT2D eigenvalue weighted by Crippen LogP contribution is -2.03. The molecule has 0 aromatic carbocycles. The molecule has 1 heterocycles. The zero-order valence-electron chi connectivity index (χ0n) is 15.9. The number of carbonyl (C=O) groups excluding carboxylic acids is 1. The van der Waals surface area contributed by atoms with E-state index in [0.717, 1.165) is 6.54 Å². The van der Waals surface area contributed by atoms with Crippen LogP contribution in [0.25, 0.3) is 0 Å². The molecule has 138 valence electrons. The second-order valence-corrected chi connectivity index (χ2v) is 6.75. The van der Waals surface area contributed by atoms with Gasteiger partial charge in [-0.15, -0.1) is 0 Å². The molecule has 1 aromatic heterocycles. The quantitative estimate of drug-likeness (QED) is 0.275. The lowest BCUT2D eigenvalue weighted by molar-refractivity contribution is 0.0526. The van der Waals surface area contributed by atoms with Gasteiger partial charge in [0.2, 0.25) is 0 Å². The maximum absolute atomic E-state index is 11.6. The highest BCUT2D eigenvalue weighted by Gasteiger charge is 2.07. The van der Waals surface area contributed by atoms with E-state index in [1.807, 2.05) is 25.4 Å². The van der Waals surface area contributed by atoms with Crippen LogP contribution in [0.5, 0.6) is 0 Å². The first-order chi connectivity index (χ1) is 11.8. The van der Waals surface area contributed by atoms with Gasteiger partial charge in [0, 0.05) is 18.9 Å². The van der Waals surface area contributed by atoms with Crippen molar-refractivity contribution in [2.45, 2.75) is 97.4 Å². The lowest BCUT2D eigenvalue weighted by Gasteiger charge is -2.04. The van der Waals surface area contributed by atoms with Gasteiger partial charge in [-0.3, -0.25) is 0 Å². The number of hydrogen-bond acceptors (Lipinski definition) is 2. The summed E-state index contributed by atoms with van der Waals surface area (Å²) in [5.41, 5.74) is 0.663. The van der Waals surface area contributed by atoms with Crippen molar-refractivity contribution in [3.63, 3.8) is 0 Å². The van der Waals surface area contributed by atoms with Crippen LogP contribution in [0.3, 0.4) is 0 Å². The minimum atomic E-state index is -0.217. The monoisotopic (exact) mass is 335 g/mol. The molecule has 0 N–H and O–H groups in total. The van der Waals surface area contributed by atoms with Crippen LogP contribution < -0.4 is 0 Å². The Morgan fingerprint density at radius 1 is 0.875 bits per heavy atom. The van der Waals surface area contributed by atoms with Crippen molar-refractivity contribution in [2.75, 3.05) is 6.61 Å². The molecule has 0 atom stereocenters. The predicted molar refractivity (Wildman–Crippen MR) is 101 cm³/mol. The molecule has 1 aromatic rings. The van der Waals surface area contributed by atoms with Crippen LogP contribution in [-0.4, -0.2) is 17.1 Å². The van der Waals surface area contributed by atoms with Crippen LogP contribution in [0.1, 0.15) is 101 Å². The number of esters is 1. The van der Waals surface area contributed by atoms with Gasteiger partial charge < -0.3 is 9.30 Å². The molecule has 0 amide bonds. The molecule has 0 saturated carbocycles. The van der Waals surface area contributed by atoms with E-state index in [2.05, 4.69) is 11.5 Å². The molecule has 0 aliphatic carbocycles. The van der Waals surface area contributed by atoms with Crippen molar-refractivity contribution in [3.8, 4) is 0 Å². The van der Waals surface area contributed by atoms with Crippen LogP contribution in [0.2, 0.25) is 0 Å². The molecule has 0 bridgehead atoms. The fraction of sp³-hybridized carbons (Fsp3) is 0.762. The number of nitrogens with zero attached hydrogens (tertiary/aromatic N) is 1. The normalized spacial score (nSPS) is 10.9. The van der Waals surface area contributed by atoms with E-state index in [0.29, 0.717) is 12.2 Å². The van der Waals surface area contributed by atoms with E-state index < -0.39 is 0 Å². The summed E-state index contributed by atoms with van der Waals surface area (Å²) in [4.78, 5) is 11.6. The van der Waals surface area contributed by atoms with Crippen molar-refractivity contribution < 1.29 is 9.53 Å². The zero-order chi connectivity index (χ0) is 17.5. The number of hydrogen-bond donors (Lipinski definition) is 0. The van der Waals surface area contributed by atoms with Crippen LogP contribution in [0.15, 0.2) is 18.5 Å². The first-order valence-corrected chi connectivity index (χ1v) is 10.1. The van der Waals surface area contributed by atoms with Gasteiger partial charge in [-0.25, -0.2) is 4.79 Å². The molecule has 0 aliphatic rings. The van der Waals surface area contributed by atoms with Gasteiger partial charge in [-0.1, -0.05) is 77.6 Å². The van der Waals surface area contributed by atoms with Crippen LogP contribution >= 0.6 is 0 Å². The standard InChI is InChI=1S/C21H37NO2/c1-3-5-6-7-8-9-10-11-12-13-14-15-17-22-18-16-20(19-22)21(23)24-4-2/h16,18-19H,3-15,17H2,1-2H3. The second-order valence-electron chi connectivity index (χ2n) is 6.75. The Labute approximate surface area is 148 Å². The fourth-order valence-corrected chi connectivity index (χ4v) is 3.05. The molecule has 0 unspecified atom stereocenters. The third-order valence-electron chi connectivity index (χ3n) is 4.53. The first kappa shape index (κ1) is 20.8. The third kappa shape index (κ3) is 9.79. The summed E-state index contributed by atoms with van der Waals surface area (Å²) in [6.45, 7) is 5.54. The summed E-state index contributed by atoms with van der Waals surface area (Å²) < 4.78 is 7.11. The molecular formula is C21H37NO2. The Bertz CT molecular complexity index is 425. The number of rotatable bonds is 15. The second kappa shape index (κ2) is 14.1. The van der Waals surface area contributed by atoms with Crippen LogP contribution in [0, 0.1) is 0 Å². The van der Waals surface area contributed by atoms with E-state index in [-0.39, 0.29) is 5.97 Å². The van der Waals surface area contributed by atoms with Crippen molar-refractivity contribution >= 4 is 5.97 Å². The summed E-state index contributed by atoms with van der Waals surface area (Å²) >= 11 is 0. The topological polar surface area (TPSA) is 31.2 Å². The molecule has 0 spiro atoms. The van der Waals surface area contributed by atoms with E-state index in [4.69, 9.17) is 4.74 Å². The highest BCUT2D eigenvalue weighted by atomic mass is 16.5. The van der Waals surface area contributed by atoms with Gasteiger partial charge in [-0.2, -0.15) is 0 Å². The lowest BCUT2D eigenvalue weighted by atomic mass is 10.1. The summed E-state index contributed by atoms with van der Waals surface area (Å²) in [5, 5.41) is 0. The van der Waals surface area contributed by atoms with Gasteiger partial charge >= 0.3 is 5.97 Å². The summed E-state index contributed by atoms with van der Waals surface area (Å²) in [6, 6.07) is 1.85. The van der Waals surface area contributed by atoms with Crippen LogP contribution in [-0.2, 0) is 11.3 Å². The largest absolute Gasteiger partial charge is 0.462 e. The SMILES string of the molecule is CCCCCCCCCCCCCCn1ccc(C(=O)OCC)c1. The summed E-state index contributed by atoms with van der Waals surface area (Å²) in [5.74, 6) is -0.217. The summed E-state index contributed by atoms with van der Waals surface area (Å²) in [6.07, 6.45) is 20.3. The van der Waals surface area contributed by atoms with Gasteiger partial charge in [0.15, 0.2) is 0 Å². The Kier molecular flexibility index (Phi) is 12.2. The highest BCUT2D eigenvalue weighted by Crippen LogP contribution is 2.12. The third-order valence-corrected chi connectivity index (χ3v) is 4.53. The Morgan fingerprint density at radius 3 is 1.96 bits per heavy atom. The Balaban J connectivity index is 1.92. The minimum Gasteiger partial charge on any atom is -0.462 e. The van der Waals surface area contributed by atoms with Gasteiger partial charge in [0.25, 0.3) is 0 Å². The molecule has 24 heavy (non-hydrogen) atoms. The number of ether oxygens (including phenoxy) is 1. The van der Waals surface area contributed by atoms with Gasteiger partial charge in [-0.05, 0) is 19.4 Å². The number of aromatic nitrogens is 1. The fourth-order valence-electron chi connectivity index (χ4n) is 3.05. The smallest absolute Gasteiger partial charge is 0.339 e. The average Bonchev–Trinajstić information content (AvgIpc) is 3.05. The summed E-state index contributed by atoms with van der Waals surface area (Å²) in [7, 11) is 0. The van der Waals surface area contributed by atoms with Gasteiger partial charge in [0.05, 0.1) is 12.2 Å². The molecule has 0 saturated heterocycles. The molecular weight excluding hydrogens is 298 g/mol. The molecule has 1 rings (SSSR count). The predicted octanol–water partition coefficient (Wildman–Crippen LogP) is 6.37. The van der Waals surface area contributed by atoms with Crippen molar-refractivity contribution in [2.24, 2.45) is 0 Å². The Morgan fingerprint density at radius 2 is 1.42 bits per heavy atom. The molecule has 0 aliphatic heterocycles. The van der Waals surface area contributed by atoms with Crippen molar-refractivity contribution in [3.05, 3.63) is 24.0 Å². The molecule has 0 fully saturated rings. The van der Waals surface area contributed by atoms with Gasteiger partial charge in [0.1, 0.15) is 0 Å². The maximum atomic E-state index is 11.6. The molecule has 3 nitrogen and oxygen atoms in total. The number of unbranched alkanes of at least 4 members (excludes halogenated alkanes) is 11. The zero-order valence-corrected chi connectivity index (χ0v) is 15.9. The number of carbonyl (C=O) groups is 1.